The van der Waals surface area contributed by atoms with Crippen molar-refractivity contribution in [1.29, 1.82) is 5.26 Å². The molecule has 2 aromatic carbocycles. The number of hydrogen-bond donors (Lipinski definition) is 2. The molecule has 0 radical (unpaired) electrons. The number of hydrogen-bond acceptors (Lipinski definition) is 10. The Morgan fingerprint density at radius 2 is 1.74 bits per heavy atom. The molecule has 2 N–H and O–H groups in total. The summed E-state index contributed by atoms with van der Waals surface area (Å²) in [6.07, 6.45) is 9.79. The van der Waals surface area contributed by atoms with E-state index in [0.717, 1.165) is 29.5 Å². The van der Waals surface area contributed by atoms with Crippen LogP contribution in [0.3, 0.4) is 0 Å². The lowest BCUT2D eigenvalue weighted by molar-refractivity contribution is 0.0730. The maximum absolute atomic E-state index is 13.8. The van der Waals surface area contributed by atoms with E-state index in [4.69, 9.17) is 14.7 Å². The largest absolute Gasteiger partial charge is 0.379 e. The number of nitriles is 1. The average molecular weight is 733 g/mol. The highest BCUT2D eigenvalue weighted by Crippen LogP contribution is 2.31. The number of nitrogens with zero attached hydrogens (tertiary/aromatic N) is 8. The van der Waals surface area contributed by atoms with Gasteiger partial charge in [-0.1, -0.05) is 42.5 Å². The smallest absolute Gasteiger partial charge is 0.323 e. The molecule has 1 saturated carbocycles. The van der Waals surface area contributed by atoms with Crippen LogP contribution in [0.15, 0.2) is 96.4 Å². The summed E-state index contributed by atoms with van der Waals surface area (Å²) in [4.78, 5) is 29.5. The molecule has 0 spiro atoms. The number of benzene rings is 2. The van der Waals surface area contributed by atoms with Gasteiger partial charge in [-0.15, -0.1) is 0 Å². The third-order valence-electron chi connectivity index (χ3n) is 9.56. The molecule has 14 nitrogen and oxygen atoms in total. The molecule has 0 atom stereocenters. The quantitative estimate of drug-likeness (QED) is 0.200. The van der Waals surface area contributed by atoms with Gasteiger partial charge in [0, 0.05) is 67.8 Å². The Morgan fingerprint density at radius 1 is 0.943 bits per heavy atom. The third kappa shape index (κ3) is 8.20. The van der Waals surface area contributed by atoms with Crippen molar-refractivity contribution in [1.82, 2.24) is 34.4 Å². The second-order valence-electron chi connectivity index (χ2n) is 13.1. The Morgan fingerprint density at radius 3 is 2.43 bits per heavy atom. The molecule has 2 aliphatic rings. The number of nitrogens with one attached hydrogen (secondary N) is 2. The van der Waals surface area contributed by atoms with Crippen LogP contribution >= 0.6 is 0 Å². The van der Waals surface area contributed by atoms with Crippen LogP contribution in [-0.2, 0) is 28.4 Å². The van der Waals surface area contributed by atoms with Gasteiger partial charge in [-0.2, -0.15) is 14.7 Å². The molecule has 272 valence electrons. The van der Waals surface area contributed by atoms with Crippen LogP contribution in [0.1, 0.15) is 36.8 Å². The Balaban J connectivity index is 1.06. The van der Waals surface area contributed by atoms with Crippen molar-refractivity contribution >= 4 is 27.8 Å². The Bertz CT molecular complexity index is 2190. The Labute approximate surface area is 308 Å². The Kier molecular flexibility index (Phi) is 10.7. The van der Waals surface area contributed by atoms with E-state index in [-0.39, 0.29) is 41.7 Å². The van der Waals surface area contributed by atoms with E-state index in [0.29, 0.717) is 55.6 Å². The van der Waals surface area contributed by atoms with E-state index in [1.165, 1.54) is 10.5 Å². The first-order chi connectivity index (χ1) is 25.8. The molecule has 15 heteroatoms. The second kappa shape index (κ2) is 15.9. The van der Waals surface area contributed by atoms with Gasteiger partial charge in [-0.25, -0.2) is 28.2 Å². The van der Waals surface area contributed by atoms with Crippen molar-refractivity contribution in [2.45, 2.75) is 49.2 Å². The molecular formula is C38H40N10O4S. The minimum atomic E-state index is -3.74. The number of ether oxygens (including phenoxy) is 1. The fourth-order valence-electron chi connectivity index (χ4n) is 6.74. The number of anilines is 2. The second-order valence-corrected chi connectivity index (χ2v) is 15.0. The minimum Gasteiger partial charge on any atom is -0.379 e. The maximum atomic E-state index is 13.8. The highest BCUT2D eigenvalue weighted by atomic mass is 32.2. The first kappa shape index (κ1) is 35.7. The SMILES string of the molecule is Cn1cc(-c2ccc(N(C(=O)NCc3ccccc3)[C@H]3CC[C@H](Nc4ncc(C#N)c(-c5cccc(S(=O)(=O)N6CCOCC6)c5)n4)CC3)nc2)cn1. The molecule has 2 fully saturated rings. The number of aromatic nitrogens is 5. The third-order valence-corrected chi connectivity index (χ3v) is 11.5. The maximum Gasteiger partial charge on any atom is 0.323 e. The molecule has 7 rings (SSSR count). The van der Waals surface area contributed by atoms with E-state index in [1.807, 2.05) is 55.7 Å². The topological polar surface area (TPSA) is 171 Å². The summed E-state index contributed by atoms with van der Waals surface area (Å²) in [7, 11) is -1.88. The van der Waals surface area contributed by atoms with Crippen LogP contribution in [0.2, 0.25) is 0 Å². The molecule has 5 aromatic rings. The standard InChI is InChI=1S/C38H40N10O4S/c1-46-26-31(25-43-46)29-10-15-35(40-23-29)48(38(49)42-22-27-6-3-2-4-7-27)33-13-11-32(12-14-33)44-37-41-24-30(21-39)36(45-37)28-8-5-9-34(20-28)53(50,51)47-16-18-52-19-17-47/h2-10,15,20,23-26,32-33H,11-14,16-19,22H2,1H3,(H,42,49)(H,41,44,45)/t32-,33-. The fraction of sp³-hybridized carbons (Fsp3) is 0.316. The predicted octanol–water partition coefficient (Wildman–Crippen LogP) is 4.97. The number of pyridine rings is 1. The number of aryl methyl sites for hydroxylation is 1. The van der Waals surface area contributed by atoms with Crippen LogP contribution in [-0.4, -0.2) is 81.9 Å². The van der Waals surface area contributed by atoms with Gasteiger partial charge in [0.05, 0.1) is 41.8 Å². The monoisotopic (exact) mass is 732 g/mol. The highest BCUT2D eigenvalue weighted by Gasteiger charge is 2.32. The molecular weight excluding hydrogens is 693 g/mol. The van der Waals surface area contributed by atoms with E-state index in [2.05, 4.69) is 26.8 Å². The average Bonchev–Trinajstić information content (AvgIpc) is 3.65. The summed E-state index contributed by atoms with van der Waals surface area (Å²) in [5, 5.41) is 20.7. The van der Waals surface area contributed by atoms with Crippen LogP contribution in [0.4, 0.5) is 16.6 Å². The number of urea groups is 1. The summed E-state index contributed by atoms with van der Waals surface area (Å²) >= 11 is 0. The number of sulfonamides is 1. The van der Waals surface area contributed by atoms with E-state index < -0.39 is 10.0 Å². The minimum absolute atomic E-state index is 0.00946. The van der Waals surface area contributed by atoms with Crippen molar-refractivity contribution in [3.05, 3.63) is 103 Å². The van der Waals surface area contributed by atoms with Gasteiger partial charge in [0.25, 0.3) is 0 Å². The summed E-state index contributed by atoms with van der Waals surface area (Å²) in [6.45, 7) is 1.64. The van der Waals surface area contributed by atoms with E-state index in [9.17, 15) is 18.5 Å². The number of carbonyl (C=O) groups excluding carboxylic acids is 1. The van der Waals surface area contributed by atoms with Gasteiger partial charge in [-0.3, -0.25) is 9.58 Å². The molecule has 1 saturated heterocycles. The highest BCUT2D eigenvalue weighted by molar-refractivity contribution is 7.89. The first-order valence-corrected chi connectivity index (χ1v) is 19.0. The van der Waals surface area contributed by atoms with Gasteiger partial charge in [0.2, 0.25) is 16.0 Å². The fourth-order valence-corrected chi connectivity index (χ4v) is 8.19. The molecule has 0 unspecified atom stereocenters. The molecule has 3 aromatic heterocycles. The van der Waals surface area contributed by atoms with Gasteiger partial charge >= 0.3 is 6.03 Å². The number of carbonyl (C=O) groups is 1. The lowest BCUT2D eigenvalue weighted by atomic mass is 9.90. The van der Waals surface area contributed by atoms with Gasteiger partial charge < -0.3 is 15.4 Å². The normalized spacial score (nSPS) is 17.8. The number of amides is 2. The van der Waals surface area contributed by atoms with E-state index >= 15 is 0 Å². The van der Waals surface area contributed by atoms with Gasteiger partial charge in [0.15, 0.2) is 0 Å². The van der Waals surface area contributed by atoms with Crippen molar-refractivity contribution < 1.29 is 17.9 Å². The van der Waals surface area contributed by atoms with Crippen molar-refractivity contribution in [2.75, 3.05) is 36.5 Å². The number of rotatable bonds is 10. The summed E-state index contributed by atoms with van der Waals surface area (Å²) in [5.41, 5.74) is 3.94. The zero-order valence-electron chi connectivity index (χ0n) is 29.3. The van der Waals surface area contributed by atoms with Crippen molar-refractivity contribution in [2.24, 2.45) is 7.05 Å². The van der Waals surface area contributed by atoms with Crippen molar-refractivity contribution in [3.63, 3.8) is 0 Å². The lowest BCUT2D eigenvalue weighted by Crippen LogP contribution is -2.49. The van der Waals surface area contributed by atoms with Crippen LogP contribution in [0.5, 0.6) is 0 Å². The van der Waals surface area contributed by atoms with Crippen LogP contribution in [0.25, 0.3) is 22.4 Å². The summed E-state index contributed by atoms with van der Waals surface area (Å²) < 4.78 is 35.2. The van der Waals surface area contributed by atoms with Gasteiger partial charge in [-0.05, 0) is 55.5 Å². The molecule has 2 amide bonds. The molecule has 1 aliphatic heterocycles. The predicted molar refractivity (Wildman–Crippen MR) is 199 cm³/mol. The first-order valence-electron chi connectivity index (χ1n) is 17.6. The Hall–Kier alpha value is -5.69. The van der Waals surface area contributed by atoms with Crippen LogP contribution in [0, 0.1) is 11.3 Å². The molecule has 1 aliphatic carbocycles. The summed E-state index contributed by atoms with van der Waals surface area (Å²) in [5.74, 6) is 0.909. The van der Waals surface area contributed by atoms with E-state index in [1.54, 1.807) is 46.2 Å². The van der Waals surface area contributed by atoms with Crippen molar-refractivity contribution in [3.8, 4) is 28.5 Å². The summed E-state index contributed by atoms with van der Waals surface area (Å²) in [6, 6.07) is 22.0. The number of morpholine rings is 1. The van der Waals surface area contributed by atoms with Crippen LogP contribution < -0.4 is 15.5 Å². The molecule has 0 bridgehead atoms. The zero-order chi connectivity index (χ0) is 36.8. The zero-order valence-corrected chi connectivity index (χ0v) is 30.1. The lowest BCUT2D eigenvalue weighted by Gasteiger charge is -2.36. The molecule has 53 heavy (non-hydrogen) atoms. The van der Waals surface area contributed by atoms with Gasteiger partial charge in [0.1, 0.15) is 11.9 Å². The molecule has 4 heterocycles.